The number of nitrogens with zero attached hydrogens (tertiary/aromatic N) is 2. The highest BCUT2D eigenvalue weighted by Gasteiger charge is 2.36. The molecule has 3 aromatic rings. The summed E-state index contributed by atoms with van der Waals surface area (Å²) in [6.07, 6.45) is -0.276. The molecule has 0 unspecified atom stereocenters. The lowest BCUT2D eigenvalue weighted by Gasteiger charge is -2.34. The number of rotatable bonds is 11. The standard InChI is InChI=1S/C31H33ClF3N3O4S/c1-43(41,42)38(27-19-24(31(33,34)35)16-17-26(27)32)21-29(39)37(20-23-12-6-3-7-13-23)28(18-22-10-4-2-5-11-22)30(40)36-25-14-8-9-15-25/h2-7,10-13,16-17,19,25,28H,8-9,14-15,18,20-21H2,1H3,(H,36,40)/t28-/m0/s1. The highest BCUT2D eigenvalue weighted by molar-refractivity contribution is 7.92. The molecule has 0 aromatic heterocycles. The summed E-state index contributed by atoms with van der Waals surface area (Å²) < 4.78 is 67.0. The second-order valence-electron chi connectivity index (χ2n) is 10.6. The van der Waals surface area contributed by atoms with E-state index in [-0.39, 0.29) is 29.9 Å². The molecule has 0 bridgehead atoms. The molecule has 0 saturated heterocycles. The second kappa shape index (κ2) is 13.8. The number of carbonyl (C=O) groups is 2. The van der Waals surface area contributed by atoms with Gasteiger partial charge in [0, 0.05) is 19.0 Å². The largest absolute Gasteiger partial charge is 0.416 e. The van der Waals surface area contributed by atoms with Crippen molar-refractivity contribution in [2.24, 2.45) is 0 Å². The maximum Gasteiger partial charge on any atom is 0.416 e. The number of nitrogens with one attached hydrogen (secondary N) is 1. The maximum absolute atomic E-state index is 14.1. The molecule has 1 saturated carbocycles. The average Bonchev–Trinajstić information content (AvgIpc) is 3.47. The molecule has 7 nitrogen and oxygen atoms in total. The van der Waals surface area contributed by atoms with E-state index in [4.69, 9.17) is 11.6 Å². The zero-order valence-corrected chi connectivity index (χ0v) is 25.1. The summed E-state index contributed by atoms with van der Waals surface area (Å²) in [6, 6.07) is 19.2. The first-order valence-corrected chi connectivity index (χ1v) is 16.1. The van der Waals surface area contributed by atoms with Gasteiger partial charge in [-0.1, -0.05) is 85.1 Å². The third-order valence-corrected chi connectivity index (χ3v) is 8.84. The summed E-state index contributed by atoms with van der Waals surface area (Å²) in [5.74, 6) is -1.16. The molecule has 0 heterocycles. The predicted octanol–water partition coefficient (Wildman–Crippen LogP) is 5.82. The molecular weight excluding hydrogens is 603 g/mol. The minimum Gasteiger partial charge on any atom is -0.352 e. The monoisotopic (exact) mass is 635 g/mol. The van der Waals surface area contributed by atoms with E-state index in [9.17, 15) is 31.2 Å². The van der Waals surface area contributed by atoms with Gasteiger partial charge in [0.25, 0.3) is 0 Å². The number of amides is 2. The molecule has 1 fully saturated rings. The van der Waals surface area contributed by atoms with Gasteiger partial charge in [-0.15, -0.1) is 0 Å². The topological polar surface area (TPSA) is 86.8 Å². The fourth-order valence-corrected chi connectivity index (χ4v) is 6.30. The minimum atomic E-state index is -4.77. The van der Waals surface area contributed by atoms with Crippen molar-refractivity contribution in [3.63, 3.8) is 0 Å². The molecule has 0 radical (unpaired) electrons. The van der Waals surface area contributed by atoms with E-state index in [1.807, 2.05) is 30.3 Å². The number of benzene rings is 3. The Hall–Kier alpha value is -3.57. The van der Waals surface area contributed by atoms with Gasteiger partial charge >= 0.3 is 6.18 Å². The minimum absolute atomic E-state index is 0.0385. The van der Waals surface area contributed by atoms with Crippen LogP contribution in [0.2, 0.25) is 5.02 Å². The highest BCUT2D eigenvalue weighted by Crippen LogP contribution is 2.36. The smallest absolute Gasteiger partial charge is 0.352 e. The number of hydrogen-bond donors (Lipinski definition) is 1. The first-order chi connectivity index (χ1) is 20.3. The van der Waals surface area contributed by atoms with Crippen molar-refractivity contribution >= 4 is 39.1 Å². The Morgan fingerprint density at radius 1 is 0.953 bits per heavy atom. The Balaban J connectivity index is 1.75. The van der Waals surface area contributed by atoms with Crippen LogP contribution in [0, 0.1) is 0 Å². The third-order valence-electron chi connectivity index (χ3n) is 7.39. The summed E-state index contributed by atoms with van der Waals surface area (Å²) in [6.45, 7) is -0.905. The van der Waals surface area contributed by atoms with Crippen LogP contribution < -0.4 is 9.62 Å². The fraction of sp³-hybridized carbons (Fsp3) is 0.355. The van der Waals surface area contributed by atoms with E-state index in [0.717, 1.165) is 49.6 Å². The number of hydrogen-bond acceptors (Lipinski definition) is 4. The van der Waals surface area contributed by atoms with Gasteiger partial charge in [-0.25, -0.2) is 8.42 Å². The first kappa shape index (κ1) is 32.3. The van der Waals surface area contributed by atoms with Crippen molar-refractivity contribution in [2.45, 2.75) is 56.9 Å². The van der Waals surface area contributed by atoms with E-state index in [0.29, 0.717) is 15.9 Å². The Kier molecular flexibility index (Phi) is 10.4. The van der Waals surface area contributed by atoms with E-state index in [1.165, 1.54) is 4.90 Å². The molecular formula is C31H33ClF3N3O4S. The SMILES string of the molecule is CS(=O)(=O)N(CC(=O)N(Cc1ccccc1)[C@@H](Cc1ccccc1)C(=O)NC1CCCC1)c1cc(C(F)(F)F)ccc1Cl. The molecule has 4 rings (SSSR count). The molecule has 3 aromatic carbocycles. The molecule has 0 spiro atoms. The number of sulfonamides is 1. The van der Waals surface area contributed by atoms with Gasteiger partial charge < -0.3 is 10.2 Å². The maximum atomic E-state index is 14.1. The molecule has 12 heteroatoms. The van der Waals surface area contributed by atoms with Gasteiger partial charge in [-0.3, -0.25) is 13.9 Å². The summed E-state index contributed by atoms with van der Waals surface area (Å²) in [7, 11) is -4.29. The van der Waals surface area contributed by atoms with Crippen LogP contribution in [0.4, 0.5) is 18.9 Å². The number of halogens is 4. The van der Waals surface area contributed by atoms with Gasteiger partial charge in [0.1, 0.15) is 12.6 Å². The van der Waals surface area contributed by atoms with Crippen LogP contribution in [-0.4, -0.2) is 50.0 Å². The van der Waals surface area contributed by atoms with Crippen LogP contribution in [0.15, 0.2) is 78.9 Å². The van der Waals surface area contributed by atoms with Crippen LogP contribution in [-0.2, 0) is 38.8 Å². The molecule has 1 N–H and O–H groups in total. The normalized spacial score (nSPS) is 14.7. The first-order valence-electron chi connectivity index (χ1n) is 13.8. The van der Waals surface area contributed by atoms with Gasteiger partial charge in [0.05, 0.1) is 22.5 Å². The molecule has 1 aliphatic rings. The van der Waals surface area contributed by atoms with E-state index < -0.39 is 45.9 Å². The molecule has 0 aliphatic heterocycles. The highest BCUT2D eigenvalue weighted by atomic mass is 35.5. The van der Waals surface area contributed by atoms with Gasteiger partial charge in [-0.05, 0) is 42.2 Å². The van der Waals surface area contributed by atoms with Crippen LogP contribution in [0.3, 0.4) is 0 Å². The van der Waals surface area contributed by atoms with E-state index >= 15 is 0 Å². The predicted molar refractivity (Wildman–Crippen MR) is 160 cm³/mol. The summed E-state index contributed by atoms with van der Waals surface area (Å²) in [5.41, 5.74) is -0.138. The molecule has 1 aliphatic carbocycles. The van der Waals surface area contributed by atoms with Crippen molar-refractivity contribution < 1.29 is 31.2 Å². The van der Waals surface area contributed by atoms with Crippen molar-refractivity contribution in [3.05, 3.63) is 101 Å². The fourth-order valence-electron chi connectivity index (χ4n) is 5.18. The Morgan fingerprint density at radius 2 is 1.53 bits per heavy atom. The third kappa shape index (κ3) is 8.73. The average molecular weight is 636 g/mol. The second-order valence-corrected chi connectivity index (χ2v) is 13.0. The molecule has 43 heavy (non-hydrogen) atoms. The summed E-state index contributed by atoms with van der Waals surface area (Å²) >= 11 is 6.19. The number of carbonyl (C=O) groups excluding carboxylic acids is 2. The quantitative estimate of drug-likeness (QED) is 0.288. The van der Waals surface area contributed by atoms with Crippen LogP contribution >= 0.6 is 11.6 Å². The van der Waals surface area contributed by atoms with Crippen LogP contribution in [0.25, 0.3) is 0 Å². The lowest BCUT2D eigenvalue weighted by atomic mass is 10.0. The zero-order chi connectivity index (χ0) is 31.2. The Morgan fingerprint density at radius 3 is 2.09 bits per heavy atom. The number of anilines is 1. The van der Waals surface area contributed by atoms with E-state index in [2.05, 4.69) is 5.32 Å². The van der Waals surface area contributed by atoms with Crippen LogP contribution in [0.1, 0.15) is 42.4 Å². The van der Waals surface area contributed by atoms with Crippen molar-refractivity contribution in [2.75, 3.05) is 17.1 Å². The Labute approximate surface area is 254 Å². The Bertz CT molecular complexity index is 1520. The van der Waals surface area contributed by atoms with Crippen molar-refractivity contribution in [1.29, 1.82) is 0 Å². The van der Waals surface area contributed by atoms with Gasteiger partial charge in [-0.2, -0.15) is 13.2 Å². The van der Waals surface area contributed by atoms with Crippen LogP contribution in [0.5, 0.6) is 0 Å². The number of alkyl halides is 3. The van der Waals surface area contributed by atoms with Crippen molar-refractivity contribution in [3.8, 4) is 0 Å². The molecule has 2 amide bonds. The summed E-state index contributed by atoms with van der Waals surface area (Å²) in [5, 5.41) is 2.78. The lowest BCUT2D eigenvalue weighted by molar-refractivity contribution is -0.140. The summed E-state index contributed by atoms with van der Waals surface area (Å²) in [4.78, 5) is 29.2. The van der Waals surface area contributed by atoms with Crippen molar-refractivity contribution in [1.82, 2.24) is 10.2 Å². The van der Waals surface area contributed by atoms with Gasteiger partial charge in [0.2, 0.25) is 21.8 Å². The molecule has 230 valence electrons. The lowest BCUT2D eigenvalue weighted by Crippen LogP contribution is -2.54. The van der Waals surface area contributed by atoms with Gasteiger partial charge in [0.15, 0.2) is 0 Å². The zero-order valence-electron chi connectivity index (χ0n) is 23.6. The molecule has 1 atom stereocenters. The van der Waals surface area contributed by atoms with E-state index in [1.54, 1.807) is 30.3 Å².